The van der Waals surface area contributed by atoms with Gasteiger partial charge in [-0.15, -0.1) is 0 Å². The summed E-state index contributed by atoms with van der Waals surface area (Å²) < 4.78 is 28.5. The number of unbranched alkanes of at least 4 members (excludes halogenated alkanes) is 28. The molecule has 0 bridgehead atoms. The van der Waals surface area contributed by atoms with Gasteiger partial charge in [-0.25, -0.2) is 4.79 Å². The number of aliphatic hydroxyl groups is 2. The van der Waals surface area contributed by atoms with Crippen LogP contribution in [-0.2, 0) is 42.9 Å². The Morgan fingerprint density at radius 3 is 1.22 bits per heavy atom. The summed E-state index contributed by atoms with van der Waals surface area (Å²) in [6, 6.07) is 0. The number of rotatable bonds is 54. The van der Waals surface area contributed by atoms with Crippen LogP contribution in [0.2, 0.25) is 0 Å². The SMILES string of the molecule is CC/C=C\C/C=C\C/C=C\CCCCCCCCCC(=O)OCC(COC1OC(C(=O)O)C(O)C(O)C1OC(=O)CCCCCCCCCCCCCCCCC)OC(=O)CCCCCCCCC/C=C\C/C=C\C/C=C\CC. The molecule has 12 heteroatoms. The Kier molecular flexibility index (Phi) is 50.7. The van der Waals surface area contributed by atoms with Crippen molar-refractivity contribution in [3.05, 3.63) is 72.9 Å². The first-order valence-electron chi connectivity index (χ1n) is 31.9. The zero-order valence-electron chi connectivity index (χ0n) is 50.1. The van der Waals surface area contributed by atoms with E-state index in [4.69, 9.17) is 23.7 Å². The number of ether oxygens (including phenoxy) is 5. The van der Waals surface area contributed by atoms with E-state index < -0.39 is 67.3 Å². The Morgan fingerprint density at radius 2 is 0.797 bits per heavy atom. The molecule has 12 nitrogen and oxygen atoms in total. The maximum absolute atomic E-state index is 13.2. The highest BCUT2D eigenvalue weighted by atomic mass is 16.7. The second kappa shape index (κ2) is 54.7. The lowest BCUT2D eigenvalue weighted by atomic mass is 9.98. The number of esters is 3. The second-order valence-electron chi connectivity index (χ2n) is 21.6. The first kappa shape index (κ1) is 73.2. The minimum Gasteiger partial charge on any atom is -0.479 e. The van der Waals surface area contributed by atoms with Crippen molar-refractivity contribution in [3.8, 4) is 0 Å². The molecule has 1 fully saturated rings. The van der Waals surface area contributed by atoms with Gasteiger partial charge in [-0.3, -0.25) is 14.4 Å². The normalized spacial score (nSPS) is 18.3. The maximum atomic E-state index is 13.2. The highest BCUT2D eigenvalue weighted by molar-refractivity contribution is 5.74. The molecule has 0 saturated carbocycles. The fourth-order valence-corrected chi connectivity index (χ4v) is 9.46. The minimum absolute atomic E-state index is 0.0603. The summed E-state index contributed by atoms with van der Waals surface area (Å²) in [5.74, 6) is -3.13. The van der Waals surface area contributed by atoms with Crippen LogP contribution in [0.25, 0.3) is 0 Å². The van der Waals surface area contributed by atoms with Gasteiger partial charge >= 0.3 is 23.9 Å². The summed E-state index contributed by atoms with van der Waals surface area (Å²) in [5, 5.41) is 31.6. The van der Waals surface area contributed by atoms with E-state index in [2.05, 4.69) is 93.7 Å². The van der Waals surface area contributed by atoms with E-state index in [0.717, 1.165) is 148 Å². The Balaban J connectivity index is 2.67. The highest BCUT2D eigenvalue weighted by Crippen LogP contribution is 2.27. The Labute approximate surface area is 480 Å². The first-order valence-corrected chi connectivity index (χ1v) is 31.9. The van der Waals surface area contributed by atoms with Crippen molar-refractivity contribution in [3.63, 3.8) is 0 Å². The zero-order chi connectivity index (χ0) is 57.5. The number of aliphatic carboxylic acids is 1. The fourth-order valence-electron chi connectivity index (χ4n) is 9.46. The lowest BCUT2D eigenvalue weighted by Crippen LogP contribution is -2.61. The van der Waals surface area contributed by atoms with Crippen molar-refractivity contribution in [1.29, 1.82) is 0 Å². The molecule has 0 aliphatic carbocycles. The van der Waals surface area contributed by atoms with E-state index in [9.17, 15) is 34.5 Å². The first-order chi connectivity index (χ1) is 38.6. The summed E-state index contributed by atoms with van der Waals surface area (Å²) in [6.45, 7) is 5.79. The number of hydrogen-bond donors (Lipinski definition) is 3. The molecule has 0 amide bonds. The lowest BCUT2D eigenvalue weighted by molar-refractivity contribution is -0.301. The monoisotopic (exact) mass is 1110 g/mol. The van der Waals surface area contributed by atoms with Gasteiger partial charge in [0, 0.05) is 19.3 Å². The molecule has 1 rings (SSSR count). The van der Waals surface area contributed by atoms with Gasteiger partial charge in [0.05, 0.1) is 6.61 Å². The molecule has 0 aromatic rings. The summed E-state index contributed by atoms with van der Waals surface area (Å²) in [5.41, 5.74) is 0. The van der Waals surface area contributed by atoms with Gasteiger partial charge in [0.1, 0.15) is 18.8 Å². The van der Waals surface area contributed by atoms with E-state index >= 15 is 0 Å². The fraction of sp³-hybridized carbons (Fsp3) is 0.761. The molecular formula is C67H114O12. The van der Waals surface area contributed by atoms with Gasteiger partial charge in [0.25, 0.3) is 0 Å². The molecule has 1 aliphatic rings. The van der Waals surface area contributed by atoms with Crippen LogP contribution in [-0.4, -0.2) is 89.2 Å². The summed E-state index contributed by atoms with van der Waals surface area (Å²) in [6.07, 6.45) is 57.1. The van der Waals surface area contributed by atoms with E-state index in [1.54, 1.807) is 0 Å². The van der Waals surface area contributed by atoms with Crippen LogP contribution in [0.5, 0.6) is 0 Å². The zero-order valence-corrected chi connectivity index (χ0v) is 50.1. The molecule has 6 unspecified atom stereocenters. The molecule has 3 N–H and O–H groups in total. The van der Waals surface area contributed by atoms with Crippen LogP contribution in [0.1, 0.15) is 278 Å². The van der Waals surface area contributed by atoms with E-state index in [-0.39, 0.29) is 25.9 Å². The number of carboxylic acids is 1. The average molecular weight is 1110 g/mol. The van der Waals surface area contributed by atoms with Crippen LogP contribution in [0.3, 0.4) is 0 Å². The Hall–Kier alpha value is -3.84. The van der Waals surface area contributed by atoms with Crippen molar-refractivity contribution < 1.29 is 58.2 Å². The topological polar surface area (TPSA) is 175 Å². The quantitative estimate of drug-likeness (QED) is 0.0228. The van der Waals surface area contributed by atoms with Crippen LogP contribution in [0.4, 0.5) is 0 Å². The summed E-state index contributed by atoms with van der Waals surface area (Å²) >= 11 is 0. The minimum atomic E-state index is -1.91. The number of carboxylic acid groups (broad SMARTS) is 1. The number of carbonyl (C=O) groups excluding carboxylic acids is 3. The molecule has 1 aliphatic heterocycles. The van der Waals surface area contributed by atoms with E-state index in [1.165, 1.54) is 70.6 Å². The molecular weight excluding hydrogens is 997 g/mol. The Bertz CT molecular complexity index is 1650. The molecule has 0 aromatic heterocycles. The van der Waals surface area contributed by atoms with Crippen LogP contribution in [0.15, 0.2) is 72.9 Å². The van der Waals surface area contributed by atoms with Gasteiger partial charge in [-0.05, 0) is 83.5 Å². The van der Waals surface area contributed by atoms with Gasteiger partial charge in [-0.1, -0.05) is 248 Å². The van der Waals surface area contributed by atoms with Gasteiger partial charge < -0.3 is 39.0 Å². The smallest absolute Gasteiger partial charge is 0.335 e. The van der Waals surface area contributed by atoms with Crippen molar-refractivity contribution in [2.75, 3.05) is 13.2 Å². The van der Waals surface area contributed by atoms with Crippen molar-refractivity contribution in [1.82, 2.24) is 0 Å². The molecule has 6 atom stereocenters. The molecule has 454 valence electrons. The second-order valence-corrected chi connectivity index (χ2v) is 21.6. The maximum Gasteiger partial charge on any atom is 0.335 e. The predicted octanol–water partition coefficient (Wildman–Crippen LogP) is 16.9. The van der Waals surface area contributed by atoms with Gasteiger partial charge in [0.15, 0.2) is 24.6 Å². The van der Waals surface area contributed by atoms with Crippen LogP contribution < -0.4 is 0 Å². The third-order valence-corrected chi connectivity index (χ3v) is 14.3. The third-order valence-electron chi connectivity index (χ3n) is 14.3. The highest BCUT2D eigenvalue weighted by Gasteiger charge is 2.50. The molecule has 0 aromatic carbocycles. The number of aliphatic hydroxyl groups excluding tert-OH is 2. The van der Waals surface area contributed by atoms with Gasteiger partial charge in [0.2, 0.25) is 0 Å². The van der Waals surface area contributed by atoms with Crippen LogP contribution >= 0.6 is 0 Å². The number of allylic oxidation sites excluding steroid dienone is 12. The van der Waals surface area contributed by atoms with Crippen molar-refractivity contribution in [2.45, 2.75) is 314 Å². The molecule has 0 radical (unpaired) electrons. The largest absolute Gasteiger partial charge is 0.479 e. The van der Waals surface area contributed by atoms with E-state index in [1.807, 2.05) is 0 Å². The summed E-state index contributed by atoms with van der Waals surface area (Å²) in [4.78, 5) is 51.3. The lowest BCUT2D eigenvalue weighted by Gasteiger charge is -2.40. The molecule has 0 spiro atoms. The predicted molar refractivity (Wildman–Crippen MR) is 322 cm³/mol. The molecule has 1 saturated heterocycles. The molecule has 79 heavy (non-hydrogen) atoms. The number of hydrogen-bond acceptors (Lipinski definition) is 11. The van der Waals surface area contributed by atoms with Crippen LogP contribution in [0, 0.1) is 0 Å². The van der Waals surface area contributed by atoms with Gasteiger partial charge in [-0.2, -0.15) is 0 Å². The van der Waals surface area contributed by atoms with Crippen molar-refractivity contribution >= 4 is 23.9 Å². The standard InChI is InChI=1S/C67H114O12/c1-4-7-10-13-16-19-22-25-28-30-33-35-38-41-44-47-50-53-59(68)75-56-58(77-60(69)54-51-48-45-42-39-37-34-31-29-26-23-20-17-14-11-8-5-2)57-76-67-65(63(72)62(71)64(79-67)66(73)74)78-61(70)55-52-49-46-43-40-36-32-27-24-21-18-15-12-9-6-3/h7-8,10-11,16-17,19-20,25-26,28-29,58,62-65,67,71-72H,4-6,9,12-15,18,21-24,27,30-57H2,1-3H3,(H,73,74)/b10-7-,11-8-,19-16-,20-17-,28-25-,29-26-. The average Bonchev–Trinajstić information content (AvgIpc) is 3.46. The molecule has 1 heterocycles. The van der Waals surface area contributed by atoms with E-state index in [0.29, 0.717) is 19.3 Å². The Morgan fingerprint density at radius 1 is 0.430 bits per heavy atom. The van der Waals surface area contributed by atoms with Crippen molar-refractivity contribution in [2.24, 2.45) is 0 Å². The summed E-state index contributed by atoms with van der Waals surface area (Å²) in [7, 11) is 0. The third kappa shape index (κ3) is 44.5. The number of carbonyl (C=O) groups is 4.